The van der Waals surface area contributed by atoms with Crippen molar-refractivity contribution in [3.63, 3.8) is 0 Å². The summed E-state index contributed by atoms with van der Waals surface area (Å²) in [6.07, 6.45) is 3.43. The highest BCUT2D eigenvalue weighted by Gasteiger charge is 2.14. The topological polar surface area (TPSA) is 84.0 Å². The lowest BCUT2D eigenvalue weighted by Crippen LogP contribution is -2.42. The summed E-state index contributed by atoms with van der Waals surface area (Å²) in [6, 6.07) is 0. The fourth-order valence-corrected chi connectivity index (χ4v) is 2.26. The van der Waals surface area contributed by atoms with Crippen molar-refractivity contribution < 1.29 is 14.3 Å². The van der Waals surface area contributed by atoms with Crippen LogP contribution in [0.3, 0.4) is 0 Å². The Bertz CT molecular complexity index is 369. The van der Waals surface area contributed by atoms with E-state index in [1.165, 1.54) is 0 Å². The van der Waals surface area contributed by atoms with Crippen LogP contribution in [0.25, 0.3) is 0 Å². The number of hydrogen-bond donors (Lipinski definition) is 3. The highest BCUT2D eigenvalue weighted by atomic mass is 16.5. The van der Waals surface area contributed by atoms with Gasteiger partial charge >= 0.3 is 0 Å². The lowest BCUT2D eigenvalue weighted by atomic mass is 10.2. The van der Waals surface area contributed by atoms with Gasteiger partial charge in [0.1, 0.15) is 0 Å². The summed E-state index contributed by atoms with van der Waals surface area (Å²) in [7, 11) is 0. The van der Waals surface area contributed by atoms with Crippen LogP contribution in [0.2, 0.25) is 0 Å². The fourth-order valence-electron chi connectivity index (χ4n) is 2.26. The molecule has 7 heteroatoms. The summed E-state index contributed by atoms with van der Waals surface area (Å²) in [6.45, 7) is 10.8. The van der Waals surface area contributed by atoms with Crippen LogP contribution in [0.1, 0.15) is 40.0 Å². The van der Waals surface area contributed by atoms with Crippen LogP contribution < -0.4 is 16.0 Å². The van der Waals surface area contributed by atoms with Crippen LogP contribution in [0.4, 0.5) is 0 Å². The zero-order chi connectivity index (χ0) is 17.6. The van der Waals surface area contributed by atoms with Gasteiger partial charge in [-0.15, -0.1) is 0 Å². The minimum atomic E-state index is 0.0153. The number of ether oxygens (including phenoxy) is 2. The average Bonchev–Trinajstić information content (AvgIpc) is 3.07. The van der Waals surface area contributed by atoms with Crippen LogP contribution in [0.5, 0.6) is 0 Å². The van der Waals surface area contributed by atoms with Crippen molar-refractivity contribution >= 4 is 11.9 Å². The zero-order valence-corrected chi connectivity index (χ0v) is 15.4. The van der Waals surface area contributed by atoms with E-state index in [0.717, 1.165) is 38.4 Å². The molecule has 3 N–H and O–H groups in total. The van der Waals surface area contributed by atoms with Crippen molar-refractivity contribution in [2.45, 2.75) is 46.1 Å². The van der Waals surface area contributed by atoms with Crippen LogP contribution in [0, 0.1) is 5.92 Å². The Hall–Kier alpha value is -1.34. The minimum Gasteiger partial charge on any atom is -0.379 e. The molecule has 1 fully saturated rings. The second kappa shape index (κ2) is 13.0. The molecule has 0 aliphatic carbocycles. The van der Waals surface area contributed by atoms with E-state index in [-0.39, 0.29) is 17.9 Å². The van der Waals surface area contributed by atoms with Crippen molar-refractivity contribution in [3.05, 3.63) is 0 Å². The van der Waals surface area contributed by atoms with Gasteiger partial charge in [0.05, 0.1) is 12.7 Å². The lowest BCUT2D eigenvalue weighted by molar-refractivity contribution is -0.123. The van der Waals surface area contributed by atoms with E-state index >= 15 is 0 Å². The maximum absolute atomic E-state index is 11.5. The monoisotopic (exact) mass is 342 g/mol. The Labute approximate surface area is 146 Å². The van der Waals surface area contributed by atoms with E-state index in [1.54, 1.807) is 0 Å². The molecule has 0 saturated carbocycles. The number of hydrogen-bond acceptors (Lipinski definition) is 4. The number of nitrogens with zero attached hydrogens (tertiary/aromatic N) is 1. The van der Waals surface area contributed by atoms with Crippen LogP contribution in [-0.4, -0.2) is 64.0 Å². The summed E-state index contributed by atoms with van der Waals surface area (Å²) >= 11 is 0. The Balaban J connectivity index is 2.08. The van der Waals surface area contributed by atoms with E-state index in [2.05, 4.69) is 20.9 Å². The second-order valence-electron chi connectivity index (χ2n) is 6.20. The van der Waals surface area contributed by atoms with Crippen molar-refractivity contribution in [1.29, 1.82) is 0 Å². The molecule has 1 atom stereocenters. The summed E-state index contributed by atoms with van der Waals surface area (Å²) < 4.78 is 11.1. The van der Waals surface area contributed by atoms with Gasteiger partial charge in [-0.3, -0.25) is 9.79 Å². The molecule has 7 nitrogen and oxygen atoms in total. The molecule has 24 heavy (non-hydrogen) atoms. The van der Waals surface area contributed by atoms with Crippen LogP contribution >= 0.6 is 0 Å². The zero-order valence-electron chi connectivity index (χ0n) is 15.4. The molecule has 1 heterocycles. The molecule has 1 saturated heterocycles. The largest absolute Gasteiger partial charge is 0.379 e. The number of carbonyl (C=O) groups is 1. The van der Waals surface area contributed by atoms with E-state index in [9.17, 15) is 4.79 Å². The first-order valence-corrected chi connectivity index (χ1v) is 9.12. The van der Waals surface area contributed by atoms with Gasteiger partial charge in [0, 0.05) is 45.3 Å². The van der Waals surface area contributed by atoms with E-state index in [4.69, 9.17) is 9.47 Å². The van der Waals surface area contributed by atoms with Gasteiger partial charge in [-0.1, -0.05) is 13.8 Å². The molecular weight excluding hydrogens is 308 g/mol. The predicted molar refractivity (Wildman–Crippen MR) is 96.2 cm³/mol. The van der Waals surface area contributed by atoms with Crippen molar-refractivity contribution in [3.8, 4) is 0 Å². The minimum absolute atomic E-state index is 0.0153. The standard InChI is InChI=1S/C17H34N4O3/c1-4-18-17(21-10-9-19-16(22)14(2)3)20-8-6-11-23-13-15-7-5-12-24-15/h14-15H,4-13H2,1-3H3,(H,19,22)(H2,18,20,21). The molecule has 1 rings (SSSR count). The number of nitrogens with one attached hydrogen (secondary N) is 3. The Morgan fingerprint density at radius 2 is 2.08 bits per heavy atom. The maximum Gasteiger partial charge on any atom is 0.222 e. The van der Waals surface area contributed by atoms with E-state index < -0.39 is 0 Å². The average molecular weight is 342 g/mol. The van der Waals surface area contributed by atoms with Gasteiger partial charge in [0.15, 0.2) is 5.96 Å². The molecule has 0 spiro atoms. The van der Waals surface area contributed by atoms with E-state index in [0.29, 0.717) is 32.8 Å². The van der Waals surface area contributed by atoms with Gasteiger partial charge in [0.25, 0.3) is 0 Å². The summed E-state index contributed by atoms with van der Waals surface area (Å²) in [4.78, 5) is 16.0. The first-order chi connectivity index (χ1) is 11.6. The Kier molecular flexibility index (Phi) is 11.2. The third-order valence-corrected chi connectivity index (χ3v) is 3.63. The number of aliphatic imine (C=N–C) groups is 1. The van der Waals surface area contributed by atoms with Crippen molar-refractivity contribution in [1.82, 2.24) is 16.0 Å². The molecule has 0 aromatic rings. The molecule has 0 aromatic carbocycles. The van der Waals surface area contributed by atoms with Gasteiger partial charge in [-0.25, -0.2) is 0 Å². The highest BCUT2D eigenvalue weighted by Crippen LogP contribution is 2.11. The number of guanidine groups is 1. The SMILES string of the molecule is CCNC(=NCCCOCC1CCCO1)NCCNC(=O)C(C)C. The molecule has 1 unspecified atom stereocenters. The van der Waals surface area contributed by atoms with Crippen molar-refractivity contribution in [2.24, 2.45) is 10.9 Å². The first-order valence-electron chi connectivity index (χ1n) is 9.12. The number of carbonyl (C=O) groups excluding carboxylic acids is 1. The molecule has 0 radical (unpaired) electrons. The van der Waals surface area contributed by atoms with Gasteiger partial charge in [0.2, 0.25) is 5.91 Å². The molecule has 1 aliphatic rings. The third kappa shape index (κ3) is 9.72. The quantitative estimate of drug-likeness (QED) is 0.295. The molecular formula is C17H34N4O3. The molecule has 0 bridgehead atoms. The van der Waals surface area contributed by atoms with E-state index in [1.807, 2.05) is 20.8 Å². The smallest absolute Gasteiger partial charge is 0.222 e. The van der Waals surface area contributed by atoms with Crippen LogP contribution in [-0.2, 0) is 14.3 Å². The number of rotatable bonds is 11. The normalized spacial score (nSPS) is 18.0. The summed E-state index contributed by atoms with van der Waals surface area (Å²) in [5, 5.41) is 9.28. The van der Waals surface area contributed by atoms with Gasteiger partial charge in [-0.05, 0) is 26.2 Å². The second-order valence-corrected chi connectivity index (χ2v) is 6.20. The number of amides is 1. The molecule has 0 aromatic heterocycles. The lowest BCUT2D eigenvalue weighted by Gasteiger charge is -2.13. The fraction of sp³-hybridized carbons (Fsp3) is 0.882. The van der Waals surface area contributed by atoms with Crippen LogP contribution in [0.15, 0.2) is 4.99 Å². The molecule has 1 amide bonds. The summed E-state index contributed by atoms with van der Waals surface area (Å²) in [5.74, 6) is 0.860. The highest BCUT2D eigenvalue weighted by molar-refractivity contribution is 5.80. The Morgan fingerprint density at radius 3 is 2.75 bits per heavy atom. The van der Waals surface area contributed by atoms with Gasteiger partial charge in [-0.2, -0.15) is 0 Å². The first kappa shape index (κ1) is 20.7. The van der Waals surface area contributed by atoms with Gasteiger partial charge < -0.3 is 25.4 Å². The van der Waals surface area contributed by atoms with Crippen molar-refractivity contribution in [2.75, 3.05) is 46.0 Å². The maximum atomic E-state index is 11.5. The molecule has 1 aliphatic heterocycles. The summed E-state index contributed by atoms with van der Waals surface area (Å²) in [5.41, 5.74) is 0. The third-order valence-electron chi connectivity index (χ3n) is 3.63. The molecule has 140 valence electrons. The predicted octanol–water partition coefficient (Wildman–Crippen LogP) is 0.899. The Morgan fingerprint density at radius 1 is 1.29 bits per heavy atom.